The van der Waals surface area contributed by atoms with Gasteiger partial charge < -0.3 is 4.42 Å². The van der Waals surface area contributed by atoms with Crippen LogP contribution in [0.2, 0.25) is 0 Å². The van der Waals surface area contributed by atoms with Crippen LogP contribution in [0.5, 0.6) is 0 Å². The lowest BCUT2D eigenvalue weighted by Crippen LogP contribution is -1.98. The lowest BCUT2D eigenvalue weighted by atomic mass is 10.2. The Morgan fingerprint density at radius 1 is 1.50 bits per heavy atom. The predicted octanol–water partition coefficient (Wildman–Crippen LogP) is 1.68. The Hall–Kier alpha value is -1.38. The van der Waals surface area contributed by atoms with Gasteiger partial charge in [0.1, 0.15) is 0 Å². The Bertz CT molecular complexity index is 320. The van der Waals surface area contributed by atoms with Gasteiger partial charge in [-0.15, -0.1) is 0 Å². The van der Waals surface area contributed by atoms with Crippen molar-refractivity contribution in [3.05, 3.63) is 23.7 Å². The van der Waals surface area contributed by atoms with Gasteiger partial charge in [-0.05, 0) is 25.0 Å². The van der Waals surface area contributed by atoms with Crippen LogP contribution in [0.15, 0.2) is 16.5 Å². The highest BCUT2D eigenvalue weighted by Gasteiger charge is 2.32. The number of Topliss-reactive ketones (excluding diaryl/α,β-unsaturated/α-hetero) is 1. The summed E-state index contributed by atoms with van der Waals surface area (Å²) < 4.78 is 4.98. The van der Waals surface area contributed by atoms with E-state index in [-0.39, 0.29) is 17.5 Å². The standard InChI is InChI=1S/C9H8O3/c10-5-7-3-4-8(12-7)9(11)6-1-2-6/h3-6H,1-2H2. The highest BCUT2D eigenvalue weighted by molar-refractivity contribution is 5.97. The van der Waals surface area contributed by atoms with Crippen molar-refractivity contribution in [3.8, 4) is 0 Å². The molecule has 1 aromatic heterocycles. The zero-order valence-electron chi connectivity index (χ0n) is 6.45. The van der Waals surface area contributed by atoms with E-state index in [1.807, 2.05) is 0 Å². The second-order valence-corrected chi connectivity index (χ2v) is 2.96. The molecule has 3 nitrogen and oxygen atoms in total. The number of hydrogen-bond donors (Lipinski definition) is 0. The number of carbonyl (C=O) groups is 2. The summed E-state index contributed by atoms with van der Waals surface area (Å²) in [6, 6.07) is 3.08. The first-order valence-corrected chi connectivity index (χ1v) is 3.90. The Kier molecular flexibility index (Phi) is 1.57. The SMILES string of the molecule is O=Cc1ccc(C(=O)C2CC2)o1. The topological polar surface area (TPSA) is 47.3 Å². The third-order valence-electron chi connectivity index (χ3n) is 1.93. The Labute approximate surface area is 69.4 Å². The number of aldehydes is 1. The molecule has 3 heteroatoms. The smallest absolute Gasteiger partial charge is 0.201 e. The minimum absolute atomic E-state index is 0.0306. The fourth-order valence-corrected chi connectivity index (χ4v) is 1.10. The summed E-state index contributed by atoms with van der Waals surface area (Å²) >= 11 is 0. The molecular formula is C9H8O3. The highest BCUT2D eigenvalue weighted by Crippen LogP contribution is 2.32. The van der Waals surface area contributed by atoms with Crippen molar-refractivity contribution >= 4 is 12.1 Å². The minimum atomic E-state index is 0.0306. The van der Waals surface area contributed by atoms with Crippen LogP contribution in [0.1, 0.15) is 34.0 Å². The van der Waals surface area contributed by atoms with E-state index in [0.29, 0.717) is 12.0 Å². The lowest BCUT2D eigenvalue weighted by Gasteiger charge is -1.89. The largest absolute Gasteiger partial charge is 0.450 e. The quantitative estimate of drug-likeness (QED) is 0.504. The van der Waals surface area contributed by atoms with Gasteiger partial charge >= 0.3 is 0 Å². The van der Waals surface area contributed by atoms with Crippen LogP contribution < -0.4 is 0 Å². The molecule has 0 aromatic carbocycles. The lowest BCUT2D eigenvalue weighted by molar-refractivity contribution is 0.0937. The molecule has 0 N–H and O–H groups in total. The van der Waals surface area contributed by atoms with Gasteiger partial charge in [0.25, 0.3) is 0 Å². The summed E-state index contributed by atoms with van der Waals surface area (Å²) in [6.07, 6.45) is 2.51. The van der Waals surface area contributed by atoms with E-state index in [0.717, 1.165) is 12.8 Å². The second kappa shape index (κ2) is 2.59. The number of ketones is 1. The number of rotatable bonds is 3. The van der Waals surface area contributed by atoms with E-state index >= 15 is 0 Å². The fraction of sp³-hybridized carbons (Fsp3) is 0.333. The average Bonchev–Trinajstić information content (AvgIpc) is 2.82. The van der Waals surface area contributed by atoms with Crippen molar-refractivity contribution < 1.29 is 14.0 Å². The third kappa shape index (κ3) is 1.18. The number of hydrogen-bond acceptors (Lipinski definition) is 3. The van der Waals surface area contributed by atoms with Crippen molar-refractivity contribution in [2.75, 3.05) is 0 Å². The molecule has 0 spiro atoms. The maximum absolute atomic E-state index is 11.3. The van der Waals surface area contributed by atoms with Gasteiger partial charge in [-0.3, -0.25) is 9.59 Å². The molecule has 1 saturated carbocycles. The van der Waals surface area contributed by atoms with Crippen LogP contribution in [-0.4, -0.2) is 12.1 Å². The summed E-state index contributed by atoms with van der Waals surface area (Å²) in [5.74, 6) is 0.720. The van der Waals surface area contributed by atoms with Crippen molar-refractivity contribution in [1.29, 1.82) is 0 Å². The van der Waals surface area contributed by atoms with Crippen LogP contribution in [0, 0.1) is 5.92 Å². The van der Waals surface area contributed by atoms with E-state index in [1.165, 1.54) is 6.07 Å². The zero-order chi connectivity index (χ0) is 8.55. The summed E-state index contributed by atoms with van der Waals surface area (Å²) in [7, 11) is 0. The summed E-state index contributed by atoms with van der Waals surface area (Å²) in [6.45, 7) is 0. The van der Waals surface area contributed by atoms with Crippen molar-refractivity contribution in [1.82, 2.24) is 0 Å². The van der Waals surface area contributed by atoms with Crippen LogP contribution in [-0.2, 0) is 0 Å². The maximum Gasteiger partial charge on any atom is 0.201 e. The summed E-state index contributed by atoms with van der Waals surface area (Å²) in [5, 5.41) is 0. The zero-order valence-corrected chi connectivity index (χ0v) is 6.45. The predicted molar refractivity (Wildman–Crippen MR) is 41.2 cm³/mol. The molecule has 0 aliphatic heterocycles. The Morgan fingerprint density at radius 2 is 2.25 bits per heavy atom. The van der Waals surface area contributed by atoms with Crippen molar-refractivity contribution in [2.24, 2.45) is 5.92 Å². The number of carbonyl (C=O) groups excluding carboxylic acids is 2. The first kappa shape index (κ1) is 7.28. The molecule has 62 valence electrons. The molecule has 1 aliphatic rings. The van der Waals surface area contributed by atoms with E-state index in [9.17, 15) is 9.59 Å². The summed E-state index contributed by atoms with van der Waals surface area (Å²) in [4.78, 5) is 21.5. The molecule has 0 bridgehead atoms. The summed E-state index contributed by atoms with van der Waals surface area (Å²) in [5.41, 5.74) is 0. The molecule has 0 amide bonds. The van der Waals surface area contributed by atoms with Gasteiger partial charge in [0.05, 0.1) is 0 Å². The first-order chi connectivity index (χ1) is 5.81. The third-order valence-corrected chi connectivity index (χ3v) is 1.93. The van der Waals surface area contributed by atoms with E-state index in [4.69, 9.17) is 4.42 Å². The molecule has 0 atom stereocenters. The van der Waals surface area contributed by atoms with Gasteiger partial charge in [-0.1, -0.05) is 0 Å². The highest BCUT2D eigenvalue weighted by atomic mass is 16.4. The molecular weight excluding hydrogens is 156 g/mol. The number of furan rings is 1. The van der Waals surface area contributed by atoms with Gasteiger partial charge in [-0.2, -0.15) is 0 Å². The van der Waals surface area contributed by atoms with Gasteiger partial charge in [0.2, 0.25) is 5.78 Å². The maximum atomic E-state index is 11.3. The van der Waals surface area contributed by atoms with Crippen molar-refractivity contribution in [2.45, 2.75) is 12.8 Å². The molecule has 1 aliphatic carbocycles. The normalized spacial score (nSPS) is 16.0. The van der Waals surface area contributed by atoms with Crippen LogP contribution in [0.25, 0.3) is 0 Å². The van der Waals surface area contributed by atoms with Crippen molar-refractivity contribution in [3.63, 3.8) is 0 Å². The molecule has 0 saturated heterocycles. The monoisotopic (exact) mass is 164 g/mol. The molecule has 12 heavy (non-hydrogen) atoms. The molecule has 0 radical (unpaired) electrons. The molecule has 1 fully saturated rings. The first-order valence-electron chi connectivity index (χ1n) is 3.90. The molecule has 1 aromatic rings. The van der Waals surface area contributed by atoms with E-state index in [2.05, 4.69) is 0 Å². The Morgan fingerprint density at radius 3 is 2.75 bits per heavy atom. The molecule has 2 rings (SSSR count). The minimum Gasteiger partial charge on any atom is -0.450 e. The van der Waals surface area contributed by atoms with Gasteiger partial charge in [0, 0.05) is 5.92 Å². The molecule has 1 heterocycles. The second-order valence-electron chi connectivity index (χ2n) is 2.96. The van der Waals surface area contributed by atoms with Crippen LogP contribution in [0.4, 0.5) is 0 Å². The molecule has 0 unspecified atom stereocenters. The van der Waals surface area contributed by atoms with Crippen LogP contribution in [0.3, 0.4) is 0 Å². The van der Waals surface area contributed by atoms with E-state index in [1.54, 1.807) is 6.07 Å². The van der Waals surface area contributed by atoms with Gasteiger partial charge in [-0.25, -0.2) is 0 Å². The van der Waals surface area contributed by atoms with Crippen LogP contribution >= 0.6 is 0 Å². The fourth-order valence-electron chi connectivity index (χ4n) is 1.10. The average molecular weight is 164 g/mol. The Balaban J connectivity index is 2.21. The van der Waals surface area contributed by atoms with E-state index < -0.39 is 0 Å². The van der Waals surface area contributed by atoms with Gasteiger partial charge in [0.15, 0.2) is 17.8 Å².